The van der Waals surface area contributed by atoms with Crippen LogP contribution >= 0.6 is 23.5 Å². The topological polar surface area (TPSA) is 29.9 Å². The summed E-state index contributed by atoms with van der Waals surface area (Å²) in [6.07, 6.45) is 3.96. The molecule has 1 aliphatic heterocycles. The van der Waals surface area contributed by atoms with Gasteiger partial charge < -0.3 is 9.88 Å². The zero-order chi connectivity index (χ0) is 12.1. The van der Waals surface area contributed by atoms with E-state index in [4.69, 9.17) is 0 Å². The van der Waals surface area contributed by atoms with E-state index in [2.05, 4.69) is 58.4 Å². The lowest BCUT2D eigenvalue weighted by Crippen LogP contribution is -2.33. The van der Waals surface area contributed by atoms with Crippen LogP contribution in [-0.2, 0) is 6.54 Å². The smallest absolute Gasteiger partial charge is 0.122 e. The number of imidazole rings is 1. The third-order valence-electron chi connectivity index (χ3n) is 2.86. The lowest BCUT2D eigenvalue weighted by molar-refractivity contribution is 0.521. The minimum absolute atomic E-state index is 0.493. The molecule has 0 unspecified atom stereocenters. The number of hydrogen-bond acceptors (Lipinski definition) is 4. The van der Waals surface area contributed by atoms with Crippen LogP contribution in [0, 0.1) is 0 Å². The van der Waals surface area contributed by atoms with Gasteiger partial charge in [-0.2, -0.15) is 23.5 Å². The molecular formula is C12H21N3S2. The molecule has 96 valence electrons. The van der Waals surface area contributed by atoms with Crippen LogP contribution in [0.5, 0.6) is 0 Å². The zero-order valence-electron chi connectivity index (χ0n) is 10.6. The maximum absolute atomic E-state index is 4.43. The predicted octanol–water partition coefficient (Wildman–Crippen LogP) is 2.40. The molecule has 3 nitrogen and oxygen atoms in total. The van der Waals surface area contributed by atoms with Gasteiger partial charge in [0.15, 0.2) is 0 Å². The van der Waals surface area contributed by atoms with E-state index in [1.807, 2.05) is 6.20 Å². The van der Waals surface area contributed by atoms with Crippen LogP contribution in [0.1, 0.15) is 25.7 Å². The summed E-state index contributed by atoms with van der Waals surface area (Å²) in [6.45, 7) is 5.28. The van der Waals surface area contributed by atoms with Gasteiger partial charge in [0.25, 0.3) is 0 Å². The van der Waals surface area contributed by atoms with E-state index >= 15 is 0 Å². The third-order valence-corrected chi connectivity index (χ3v) is 5.38. The van der Waals surface area contributed by atoms with Crippen molar-refractivity contribution < 1.29 is 0 Å². The molecule has 1 fully saturated rings. The SMILES string of the molecule is CC(C)n1ccnc1CNC1CSCCSC1. The Labute approximate surface area is 112 Å². The van der Waals surface area contributed by atoms with Gasteiger partial charge in [0, 0.05) is 47.5 Å². The molecule has 1 aliphatic rings. The first-order valence-electron chi connectivity index (χ1n) is 6.18. The Morgan fingerprint density at radius 3 is 2.76 bits per heavy atom. The average molecular weight is 271 g/mol. The third kappa shape index (κ3) is 3.93. The first kappa shape index (κ1) is 13.3. The van der Waals surface area contributed by atoms with Crippen molar-refractivity contribution in [3.8, 4) is 0 Å². The van der Waals surface area contributed by atoms with Gasteiger partial charge in [-0.1, -0.05) is 0 Å². The number of aromatic nitrogens is 2. The second kappa shape index (κ2) is 6.71. The Bertz CT molecular complexity index is 330. The van der Waals surface area contributed by atoms with E-state index in [-0.39, 0.29) is 0 Å². The van der Waals surface area contributed by atoms with Gasteiger partial charge in [-0.15, -0.1) is 0 Å². The Morgan fingerprint density at radius 1 is 1.41 bits per heavy atom. The van der Waals surface area contributed by atoms with Crippen molar-refractivity contribution in [2.75, 3.05) is 23.0 Å². The van der Waals surface area contributed by atoms with Crippen molar-refractivity contribution in [3.63, 3.8) is 0 Å². The average Bonchev–Trinajstić information content (AvgIpc) is 2.63. The van der Waals surface area contributed by atoms with Crippen LogP contribution in [0.15, 0.2) is 12.4 Å². The highest BCUT2D eigenvalue weighted by molar-refractivity contribution is 8.03. The highest BCUT2D eigenvalue weighted by Gasteiger charge is 2.13. The molecule has 0 atom stereocenters. The quantitative estimate of drug-likeness (QED) is 0.911. The molecule has 0 aliphatic carbocycles. The Balaban J connectivity index is 1.86. The minimum Gasteiger partial charge on any atom is -0.331 e. The van der Waals surface area contributed by atoms with Crippen molar-refractivity contribution in [1.82, 2.24) is 14.9 Å². The van der Waals surface area contributed by atoms with E-state index in [1.54, 1.807) is 0 Å². The largest absolute Gasteiger partial charge is 0.331 e. The van der Waals surface area contributed by atoms with E-state index in [0.717, 1.165) is 12.4 Å². The molecule has 1 aromatic heterocycles. The molecule has 0 bridgehead atoms. The highest BCUT2D eigenvalue weighted by atomic mass is 32.2. The molecule has 0 aromatic carbocycles. The van der Waals surface area contributed by atoms with Crippen molar-refractivity contribution >= 4 is 23.5 Å². The maximum atomic E-state index is 4.43. The summed E-state index contributed by atoms with van der Waals surface area (Å²) in [6, 6.07) is 1.12. The molecule has 1 aromatic rings. The van der Waals surface area contributed by atoms with Crippen molar-refractivity contribution in [2.45, 2.75) is 32.5 Å². The van der Waals surface area contributed by atoms with Gasteiger partial charge in [0.2, 0.25) is 0 Å². The van der Waals surface area contributed by atoms with Gasteiger partial charge in [0.1, 0.15) is 5.82 Å². The minimum atomic E-state index is 0.493. The number of nitrogens with one attached hydrogen (secondary N) is 1. The Hall–Kier alpha value is -0.130. The second-order valence-electron chi connectivity index (χ2n) is 4.57. The normalized spacial score (nSPS) is 18.5. The summed E-state index contributed by atoms with van der Waals surface area (Å²) in [4.78, 5) is 4.43. The first-order chi connectivity index (χ1) is 8.27. The van der Waals surface area contributed by atoms with Crippen LogP contribution in [0.4, 0.5) is 0 Å². The van der Waals surface area contributed by atoms with Gasteiger partial charge in [-0.05, 0) is 13.8 Å². The summed E-state index contributed by atoms with van der Waals surface area (Å²) < 4.78 is 2.24. The van der Waals surface area contributed by atoms with Crippen LogP contribution < -0.4 is 5.32 Å². The van der Waals surface area contributed by atoms with Crippen molar-refractivity contribution in [1.29, 1.82) is 0 Å². The summed E-state index contributed by atoms with van der Waals surface area (Å²) in [7, 11) is 0. The summed E-state index contributed by atoms with van der Waals surface area (Å²) >= 11 is 4.12. The summed E-state index contributed by atoms with van der Waals surface area (Å²) in [5.41, 5.74) is 0. The molecule has 17 heavy (non-hydrogen) atoms. The summed E-state index contributed by atoms with van der Waals surface area (Å²) in [5, 5.41) is 3.63. The fourth-order valence-corrected chi connectivity index (χ4v) is 4.39. The van der Waals surface area contributed by atoms with Crippen LogP contribution in [0.3, 0.4) is 0 Å². The fourth-order valence-electron chi connectivity index (χ4n) is 1.92. The Kier molecular flexibility index (Phi) is 5.25. The van der Waals surface area contributed by atoms with Gasteiger partial charge in [-0.3, -0.25) is 0 Å². The molecule has 0 saturated carbocycles. The van der Waals surface area contributed by atoms with Crippen molar-refractivity contribution in [2.24, 2.45) is 0 Å². The van der Waals surface area contributed by atoms with E-state index in [0.29, 0.717) is 12.1 Å². The first-order valence-corrected chi connectivity index (χ1v) is 8.49. The van der Waals surface area contributed by atoms with Gasteiger partial charge >= 0.3 is 0 Å². The van der Waals surface area contributed by atoms with E-state index < -0.39 is 0 Å². The van der Waals surface area contributed by atoms with Crippen LogP contribution in [-0.4, -0.2) is 38.6 Å². The molecule has 0 spiro atoms. The maximum Gasteiger partial charge on any atom is 0.122 e. The molecule has 1 N–H and O–H groups in total. The molecule has 0 amide bonds. The number of nitrogens with zero attached hydrogens (tertiary/aromatic N) is 2. The highest BCUT2D eigenvalue weighted by Crippen LogP contribution is 2.17. The van der Waals surface area contributed by atoms with Gasteiger partial charge in [-0.25, -0.2) is 4.98 Å². The van der Waals surface area contributed by atoms with E-state index in [1.165, 1.54) is 23.0 Å². The lowest BCUT2D eigenvalue weighted by Gasteiger charge is -2.17. The molecule has 2 heterocycles. The zero-order valence-corrected chi connectivity index (χ0v) is 12.2. The lowest BCUT2D eigenvalue weighted by atomic mass is 10.3. The molecule has 1 saturated heterocycles. The van der Waals surface area contributed by atoms with Gasteiger partial charge in [0.05, 0.1) is 6.54 Å². The number of thioether (sulfide) groups is 2. The molecule has 0 radical (unpaired) electrons. The predicted molar refractivity (Wildman–Crippen MR) is 77.9 cm³/mol. The van der Waals surface area contributed by atoms with Crippen LogP contribution in [0.2, 0.25) is 0 Å². The Morgan fingerprint density at radius 2 is 2.12 bits per heavy atom. The summed E-state index contributed by atoms with van der Waals surface area (Å²) in [5.74, 6) is 6.21. The van der Waals surface area contributed by atoms with E-state index in [9.17, 15) is 0 Å². The monoisotopic (exact) mass is 271 g/mol. The molecule has 2 rings (SSSR count). The van der Waals surface area contributed by atoms with Crippen LogP contribution in [0.25, 0.3) is 0 Å². The standard InChI is InChI=1S/C12H21N3S2/c1-10(2)15-4-3-13-12(15)7-14-11-8-16-5-6-17-9-11/h3-4,10-11,14H,5-9H2,1-2H3. The fraction of sp³-hybridized carbons (Fsp3) is 0.750. The number of hydrogen-bond donors (Lipinski definition) is 1. The number of rotatable bonds is 4. The second-order valence-corrected chi connectivity index (χ2v) is 6.87. The van der Waals surface area contributed by atoms with Crippen molar-refractivity contribution in [3.05, 3.63) is 18.2 Å². The molecule has 5 heteroatoms. The molecular weight excluding hydrogens is 250 g/mol.